The molecule has 1 aromatic carbocycles. The van der Waals surface area contributed by atoms with Gasteiger partial charge in [0.05, 0.1) is 10.6 Å². The number of nitrogens with one attached hydrogen (secondary N) is 1. The predicted octanol–water partition coefficient (Wildman–Crippen LogP) is 2.15. The minimum absolute atomic E-state index is 0.0276. The third-order valence-electron chi connectivity index (χ3n) is 3.96. The standard InChI is InChI=1S/C14H21ClN4/c1-9-7-19(8-10(2)18(9)3)12-6-4-5-11(15)13(12)14(16)17/h4-6,9-10H,7-8H2,1-3H3,(H3,16,17). The highest BCUT2D eigenvalue weighted by atomic mass is 35.5. The molecule has 5 heteroatoms. The molecule has 1 heterocycles. The summed E-state index contributed by atoms with van der Waals surface area (Å²) in [5.74, 6) is 0.0276. The molecule has 0 amide bonds. The van der Waals surface area contributed by atoms with E-state index >= 15 is 0 Å². The van der Waals surface area contributed by atoms with Crippen LogP contribution in [0.2, 0.25) is 5.02 Å². The minimum Gasteiger partial charge on any atom is -0.384 e. The van der Waals surface area contributed by atoms with Crippen LogP contribution in [0.5, 0.6) is 0 Å². The molecule has 0 saturated carbocycles. The van der Waals surface area contributed by atoms with Gasteiger partial charge < -0.3 is 10.6 Å². The SMILES string of the molecule is CC1CN(c2cccc(Cl)c2C(=N)N)CC(C)N1C. The molecule has 0 bridgehead atoms. The summed E-state index contributed by atoms with van der Waals surface area (Å²) in [5.41, 5.74) is 7.29. The van der Waals surface area contributed by atoms with Gasteiger partial charge in [0, 0.05) is 30.9 Å². The minimum atomic E-state index is 0.0276. The quantitative estimate of drug-likeness (QED) is 0.645. The molecule has 1 aliphatic rings. The second kappa shape index (κ2) is 5.39. The van der Waals surface area contributed by atoms with Crippen molar-refractivity contribution >= 4 is 23.1 Å². The number of hydrogen-bond acceptors (Lipinski definition) is 3. The molecule has 1 aliphatic heterocycles. The lowest BCUT2D eigenvalue weighted by atomic mass is 10.1. The van der Waals surface area contributed by atoms with Crippen LogP contribution in [0.15, 0.2) is 18.2 Å². The highest BCUT2D eigenvalue weighted by molar-refractivity contribution is 6.34. The average molecular weight is 281 g/mol. The van der Waals surface area contributed by atoms with Crippen molar-refractivity contribution < 1.29 is 0 Å². The Balaban J connectivity index is 2.37. The van der Waals surface area contributed by atoms with Gasteiger partial charge in [-0.15, -0.1) is 0 Å². The van der Waals surface area contributed by atoms with Crippen LogP contribution in [0.3, 0.4) is 0 Å². The van der Waals surface area contributed by atoms with Gasteiger partial charge in [-0.05, 0) is 33.0 Å². The van der Waals surface area contributed by atoms with Crippen molar-refractivity contribution in [2.24, 2.45) is 5.73 Å². The molecule has 0 aliphatic carbocycles. The van der Waals surface area contributed by atoms with Crippen molar-refractivity contribution in [1.82, 2.24) is 4.90 Å². The molecule has 0 spiro atoms. The fourth-order valence-electron chi connectivity index (χ4n) is 2.64. The molecule has 3 N–H and O–H groups in total. The van der Waals surface area contributed by atoms with Crippen LogP contribution in [0.25, 0.3) is 0 Å². The van der Waals surface area contributed by atoms with E-state index in [1.165, 1.54) is 0 Å². The van der Waals surface area contributed by atoms with Crippen molar-refractivity contribution in [2.75, 3.05) is 25.0 Å². The summed E-state index contributed by atoms with van der Waals surface area (Å²) in [5, 5.41) is 8.28. The number of hydrogen-bond donors (Lipinski definition) is 2. The Morgan fingerprint density at radius 3 is 2.42 bits per heavy atom. The Hall–Kier alpha value is -1.26. The van der Waals surface area contributed by atoms with Crippen LogP contribution in [0.1, 0.15) is 19.4 Å². The van der Waals surface area contributed by atoms with Gasteiger partial charge in [0.1, 0.15) is 5.84 Å². The number of nitrogen functional groups attached to an aromatic ring is 1. The van der Waals surface area contributed by atoms with Gasteiger partial charge in [0.25, 0.3) is 0 Å². The third-order valence-corrected chi connectivity index (χ3v) is 4.28. The summed E-state index contributed by atoms with van der Waals surface area (Å²) >= 11 is 6.19. The Kier molecular flexibility index (Phi) is 4.02. The summed E-state index contributed by atoms with van der Waals surface area (Å²) in [6.45, 7) is 6.25. The zero-order valence-corrected chi connectivity index (χ0v) is 12.4. The molecular weight excluding hydrogens is 260 g/mol. The maximum Gasteiger partial charge on any atom is 0.126 e. The van der Waals surface area contributed by atoms with Crippen molar-refractivity contribution in [1.29, 1.82) is 5.41 Å². The third kappa shape index (κ3) is 2.69. The fraction of sp³-hybridized carbons (Fsp3) is 0.500. The first-order chi connectivity index (χ1) is 8.91. The van der Waals surface area contributed by atoms with E-state index in [-0.39, 0.29) is 5.84 Å². The van der Waals surface area contributed by atoms with E-state index in [4.69, 9.17) is 22.7 Å². The van der Waals surface area contributed by atoms with E-state index in [0.717, 1.165) is 18.8 Å². The number of benzene rings is 1. The van der Waals surface area contributed by atoms with Gasteiger partial charge >= 0.3 is 0 Å². The van der Waals surface area contributed by atoms with Gasteiger partial charge in [-0.2, -0.15) is 0 Å². The Bertz CT molecular complexity index is 476. The Labute approximate surface area is 119 Å². The summed E-state index contributed by atoms with van der Waals surface area (Å²) in [6.07, 6.45) is 0. The average Bonchev–Trinajstić information content (AvgIpc) is 2.34. The highest BCUT2D eigenvalue weighted by Crippen LogP contribution is 2.29. The topological polar surface area (TPSA) is 56.4 Å². The number of piperazine rings is 1. The molecule has 19 heavy (non-hydrogen) atoms. The van der Waals surface area contributed by atoms with Gasteiger partial charge in [0.2, 0.25) is 0 Å². The molecule has 1 aromatic rings. The van der Waals surface area contributed by atoms with Crippen molar-refractivity contribution in [3.05, 3.63) is 28.8 Å². The van der Waals surface area contributed by atoms with Gasteiger partial charge in [0.15, 0.2) is 0 Å². The van der Waals surface area contributed by atoms with Crippen molar-refractivity contribution in [3.8, 4) is 0 Å². The first-order valence-electron chi connectivity index (χ1n) is 6.51. The van der Waals surface area contributed by atoms with Crippen LogP contribution in [0.4, 0.5) is 5.69 Å². The van der Waals surface area contributed by atoms with E-state index < -0.39 is 0 Å². The molecule has 2 unspecified atom stereocenters. The van der Waals surface area contributed by atoms with Crippen molar-refractivity contribution in [3.63, 3.8) is 0 Å². The lowest BCUT2D eigenvalue weighted by molar-refractivity contribution is 0.170. The van der Waals surface area contributed by atoms with E-state index in [2.05, 4.69) is 30.7 Å². The first kappa shape index (κ1) is 14.2. The lowest BCUT2D eigenvalue weighted by Gasteiger charge is -2.44. The monoisotopic (exact) mass is 280 g/mol. The second-order valence-electron chi connectivity index (χ2n) is 5.32. The number of likely N-dealkylation sites (N-methyl/N-ethyl adjacent to an activating group) is 1. The molecular formula is C14H21ClN4. The number of amidine groups is 1. The largest absolute Gasteiger partial charge is 0.384 e. The smallest absolute Gasteiger partial charge is 0.126 e. The highest BCUT2D eigenvalue weighted by Gasteiger charge is 2.28. The normalized spacial score (nSPS) is 24.5. The van der Waals surface area contributed by atoms with E-state index in [1.807, 2.05) is 12.1 Å². The zero-order chi connectivity index (χ0) is 14.2. The summed E-state index contributed by atoms with van der Waals surface area (Å²) in [7, 11) is 2.15. The van der Waals surface area contributed by atoms with Crippen LogP contribution in [-0.2, 0) is 0 Å². The molecule has 1 fully saturated rings. The molecule has 1 saturated heterocycles. The summed E-state index contributed by atoms with van der Waals surface area (Å²) in [4.78, 5) is 4.65. The predicted molar refractivity (Wildman–Crippen MR) is 81.4 cm³/mol. The van der Waals surface area contributed by atoms with Gasteiger partial charge in [-0.1, -0.05) is 17.7 Å². The molecule has 0 radical (unpaired) electrons. The van der Waals surface area contributed by atoms with E-state index in [0.29, 0.717) is 22.7 Å². The maximum absolute atomic E-state index is 7.73. The Morgan fingerprint density at radius 1 is 1.32 bits per heavy atom. The summed E-state index contributed by atoms with van der Waals surface area (Å²) in [6, 6.07) is 6.61. The first-order valence-corrected chi connectivity index (χ1v) is 6.89. The molecule has 104 valence electrons. The molecule has 0 aromatic heterocycles. The van der Waals surface area contributed by atoms with Crippen LogP contribution in [0, 0.1) is 5.41 Å². The number of rotatable bonds is 2. The fourth-order valence-corrected chi connectivity index (χ4v) is 2.92. The van der Waals surface area contributed by atoms with Crippen LogP contribution in [-0.4, -0.2) is 43.0 Å². The number of nitrogens with zero attached hydrogens (tertiary/aromatic N) is 2. The molecule has 4 nitrogen and oxygen atoms in total. The number of halogens is 1. The molecule has 2 atom stereocenters. The van der Waals surface area contributed by atoms with Crippen LogP contribution < -0.4 is 10.6 Å². The Morgan fingerprint density at radius 2 is 1.89 bits per heavy atom. The molecule has 2 rings (SSSR count). The number of nitrogens with two attached hydrogens (primary N) is 1. The van der Waals surface area contributed by atoms with Gasteiger partial charge in [-0.25, -0.2) is 0 Å². The lowest BCUT2D eigenvalue weighted by Crippen LogP contribution is -2.55. The maximum atomic E-state index is 7.73. The van der Waals surface area contributed by atoms with Crippen LogP contribution >= 0.6 is 11.6 Å². The zero-order valence-electron chi connectivity index (χ0n) is 11.7. The summed E-state index contributed by atoms with van der Waals surface area (Å²) < 4.78 is 0. The van der Waals surface area contributed by atoms with E-state index in [1.54, 1.807) is 6.07 Å². The van der Waals surface area contributed by atoms with Gasteiger partial charge in [-0.3, -0.25) is 10.3 Å². The van der Waals surface area contributed by atoms with E-state index in [9.17, 15) is 0 Å². The second-order valence-corrected chi connectivity index (χ2v) is 5.72. The van der Waals surface area contributed by atoms with Crippen molar-refractivity contribution in [2.45, 2.75) is 25.9 Å². The number of anilines is 1.